The Morgan fingerprint density at radius 2 is 2.07 bits per heavy atom. The molecule has 1 rings (SSSR count). The molecule has 0 spiro atoms. The number of ether oxygens (including phenoxy) is 1. The molecule has 1 atom stereocenters. The second kappa shape index (κ2) is 4.37. The van der Waals surface area contributed by atoms with E-state index in [1.807, 2.05) is 0 Å². The number of halogens is 2. The first-order valence-electron chi connectivity index (χ1n) is 4.25. The third-order valence-corrected chi connectivity index (χ3v) is 1.85. The van der Waals surface area contributed by atoms with Crippen molar-refractivity contribution in [2.75, 3.05) is 7.11 Å². The fourth-order valence-corrected chi connectivity index (χ4v) is 1.27. The van der Waals surface area contributed by atoms with Crippen LogP contribution in [-0.2, 0) is 6.42 Å². The quantitative estimate of drug-likeness (QED) is 0.811. The highest BCUT2D eigenvalue weighted by Gasteiger charge is 2.14. The molecule has 0 amide bonds. The van der Waals surface area contributed by atoms with E-state index in [9.17, 15) is 8.78 Å². The molecule has 0 saturated carbocycles. The normalized spacial score (nSPS) is 12.6. The van der Waals surface area contributed by atoms with E-state index < -0.39 is 17.7 Å². The highest BCUT2D eigenvalue weighted by atomic mass is 19.2. The standard InChI is InChI=1S/C10H12F2O2/c1-6(13)5-7-3-4-8(11)9(12)10(7)14-2/h3-4,6,13H,5H2,1-2H3. The lowest BCUT2D eigenvalue weighted by Gasteiger charge is -2.10. The van der Waals surface area contributed by atoms with Crippen LogP contribution in [0.3, 0.4) is 0 Å². The maximum Gasteiger partial charge on any atom is 0.200 e. The first kappa shape index (κ1) is 10.9. The van der Waals surface area contributed by atoms with Gasteiger partial charge < -0.3 is 9.84 Å². The molecule has 1 unspecified atom stereocenters. The summed E-state index contributed by atoms with van der Waals surface area (Å²) in [4.78, 5) is 0. The van der Waals surface area contributed by atoms with Crippen LogP contribution in [0.4, 0.5) is 8.78 Å². The number of rotatable bonds is 3. The van der Waals surface area contributed by atoms with Crippen molar-refractivity contribution in [3.8, 4) is 5.75 Å². The van der Waals surface area contributed by atoms with Crippen molar-refractivity contribution in [3.63, 3.8) is 0 Å². The predicted molar refractivity (Wildman–Crippen MR) is 48.3 cm³/mol. The Morgan fingerprint density at radius 1 is 1.43 bits per heavy atom. The number of hydrogen-bond acceptors (Lipinski definition) is 2. The fourth-order valence-electron chi connectivity index (χ4n) is 1.27. The average molecular weight is 202 g/mol. The van der Waals surface area contributed by atoms with Gasteiger partial charge in [-0.05, 0) is 18.6 Å². The summed E-state index contributed by atoms with van der Waals surface area (Å²) in [5.74, 6) is -2.09. The number of benzene rings is 1. The molecule has 0 aliphatic carbocycles. The largest absolute Gasteiger partial charge is 0.493 e. The summed E-state index contributed by atoms with van der Waals surface area (Å²) in [6.45, 7) is 1.57. The summed E-state index contributed by atoms with van der Waals surface area (Å²) in [5.41, 5.74) is 0.460. The minimum absolute atomic E-state index is 0.133. The van der Waals surface area contributed by atoms with Gasteiger partial charge in [-0.3, -0.25) is 0 Å². The average Bonchev–Trinajstić information content (AvgIpc) is 2.11. The van der Waals surface area contributed by atoms with E-state index in [4.69, 9.17) is 9.84 Å². The van der Waals surface area contributed by atoms with Gasteiger partial charge in [0.2, 0.25) is 5.82 Å². The van der Waals surface area contributed by atoms with E-state index >= 15 is 0 Å². The fraction of sp³-hybridized carbons (Fsp3) is 0.400. The van der Waals surface area contributed by atoms with Crippen molar-refractivity contribution < 1.29 is 18.6 Å². The van der Waals surface area contributed by atoms with Crippen molar-refractivity contribution in [1.29, 1.82) is 0 Å². The molecule has 0 heterocycles. The highest BCUT2D eigenvalue weighted by molar-refractivity contribution is 5.36. The van der Waals surface area contributed by atoms with Gasteiger partial charge >= 0.3 is 0 Å². The molecule has 1 N–H and O–H groups in total. The summed E-state index contributed by atoms with van der Waals surface area (Å²) in [6.07, 6.45) is -0.380. The summed E-state index contributed by atoms with van der Waals surface area (Å²) < 4.78 is 30.6. The van der Waals surface area contributed by atoms with Crippen molar-refractivity contribution in [2.45, 2.75) is 19.4 Å². The lowest BCUT2D eigenvalue weighted by atomic mass is 10.1. The molecule has 0 bridgehead atoms. The molecule has 0 aliphatic rings. The maximum absolute atomic E-state index is 13.1. The van der Waals surface area contributed by atoms with Gasteiger partial charge in [-0.25, -0.2) is 4.39 Å². The Bertz CT molecular complexity index is 324. The molecule has 2 nitrogen and oxygen atoms in total. The molecule has 0 radical (unpaired) electrons. The second-order valence-electron chi connectivity index (χ2n) is 3.11. The molecule has 1 aromatic rings. The zero-order valence-corrected chi connectivity index (χ0v) is 8.05. The van der Waals surface area contributed by atoms with Gasteiger partial charge in [-0.15, -0.1) is 0 Å². The van der Waals surface area contributed by atoms with E-state index in [-0.39, 0.29) is 12.2 Å². The molecule has 4 heteroatoms. The van der Waals surface area contributed by atoms with Crippen LogP contribution >= 0.6 is 0 Å². The van der Waals surface area contributed by atoms with E-state index in [2.05, 4.69) is 0 Å². The highest BCUT2D eigenvalue weighted by Crippen LogP contribution is 2.25. The molecular formula is C10H12F2O2. The van der Waals surface area contributed by atoms with Crippen LogP contribution in [0.2, 0.25) is 0 Å². The molecule has 1 aromatic carbocycles. The van der Waals surface area contributed by atoms with Gasteiger partial charge in [-0.2, -0.15) is 4.39 Å². The Kier molecular flexibility index (Phi) is 3.41. The second-order valence-corrected chi connectivity index (χ2v) is 3.11. The van der Waals surface area contributed by atoms with E-state index in [0.717, 1.165) is 6.07 Å². The molecule has 0 aliphatic heterocycles. The first-order chi connectivity index (χ1) is 6.56. The predicted octanol–water partition coefficient (Wildman–Crippen LogP) is 1.90. The number of methoxy groups -OCH3 is 1. The van der Waals surface area contributed by atoms with E-state index in [0.29, 0.717) is 5.56 Å². The Morgan fingerprint density at radius 3 is 2.57 bits per heavy atom. The molecule has 14 heavy (non-hydrogen) atoms. The van der Waals surface area contributed by atoms with Crippen LogP contribution < -0.4 is 4.74 Å². The first-order valence-corrected chi connectivity index (χ1v) is 4.25. The zero-order chi connectivity index (χ0) is 10.7. The van der Waals surface area contributed by atoms with Crippen LogP contribution in [-0.4, -0.2) is 18.3 Å². The minimum Gasteiger partial charge on any atom is -0.493 e. The molecule has 78 valence electrons. The summed E-state index contributed by atoms with van der Waals surface area (Å²) >= 11 is 0. The third-order valence-electron chi connectivity index (χ3n) is 1.85. The minimum atomic E-state index is -1.01. The Labute approximate surface area is 81.1 Å². The zero-order valence-electron chi connectivity index (χ0n) is 8.05. The van der Waals surface area contributed by atoms with Gasteiger partial charge in [0, 0.05) is 6.42 Å². The Hall–Kier alpha value is -1.16. The number of aliphatic hydroxyl groups is 1. The van der Waals surface area contributed by atoms with Gasteiger partial charge in [0.05, 0.1) is 13.2 Å². The third kappa shape index (κ3) is 2.20. The van der Waals surface area contributed by atoms with Crippen molar-refractivity contribution in [2.24, 2.45) is 0 Å². The van der Waals surface area contributed by atoms with Crippen LogP contribution in [0.5, 0.6) is 5.75 Å². The molecule has 0 saturated heterocycles. The molecule has 0 fully saturated rings. The van der Waals surface area contributed by atoms with Crippen molar-refractivity contribution in [3.05, 3.63) is 29.3 Å². The monoisotopic (exact) mass is 202 g/mol. The van der Waals surface area contributed by atoms with Gasteiger partial charge in [0.25, 0.3) is 0 Å². The summed E-state index contributed by atoms with van der Waals surface area (Å²) in [7, 11) is 1.27. The van der Waals surface area contributed by atoms with Crippen molar-refractivity contribution >= 4 is 0 Å². The van der Waals surface area contributed by atoms with Gasteiger partial charge in [-0.1, -0.05) is 6.07 Å². The lowest BCUT2D eigenvalue weighted by molar-refractivity contribution is 0.193. The van der Waals surface area contributed by atoms with Crippen LogP contribution in [0.1, 0.15) is 12.5 Å². The maximum atomic E-state index is 13.1. The van der Waals surface area contributed by atoms with Crippen LogP contribution in [0, 0.1) is 11.6 Å². The van der Waals surface area contributed by atoms with E-state index in [1.165, 1.54) is 13.2 Å². The summed E-state index contributed by atoms with van der Waals surface area (Å²) in [6, 6.07) is 2.43. The van der Waals surface area contributed by atoms with Gasteiger partial charge in [0.1, 0.15) is 0 Å². The molecular weight excluding hydrogens is 190 g/mol. The van der Waals surface area contributed by atoms with E-state index in [1.54, 1.807) is 6.92 Å². The van der Waals surface area contributed by atoms with Crippen LogP contribution in [0.15, 0.2) is 12.1 Å². The summed E-state index contributed by atoms with van der Waals surface area (Å²) in [5, 5.41) is 9.11. The van der Waals surface area contributed by atoms with Crippen LogP contribution in [0.25, 0.3) is 0 Å². The SMILES string of the molecule is COc1c(CC(C)O)ccc(F)c1F. The van der Waals surface area contributed by atoms with Gasteiger partial charge in [0.15, 0.2) is 11.6 Å². The topological polar surface area (TPSA) is 29.5 Å². The lowest BCUT2D eigenvalue weighted by Crippen LogP contribution is -2.07. The number of hydrogen-bond donors (Lipinski definition) is 1. The molecule has 0 aromatic heterocycles. The number of aliphatic hydroxyl groups excluding tert-OH is 1. The smallest absolute Gasteiger partial charge is 0.200 e. The Balaban J connectivity index is 3.10. The van der Waals surface area contributed by atoms with Crippen molar-refractivity contribution in [1.82, 2.24) is 0 Å².